The molecule has 0 aliphatic carbocycles. The van der Waals surface area contributed by atoms with E-state index in [-0.39, 0.29) is 23.2 Å². The van der Waals surface area contributed by atoms with E-state index in [1.165, 1.54) is 32.1 Å². The molecule has 0 aliphatic rings. The summed E-state index contributed by atoms with van der Waals surface area (Å²) in [6, 6.07) is 0. The largest absolute Gasteiger partial charge is 3.00 e. The van der Waals surface area contributed by atoms with Gasteiger partial charge in [-0.3, -0.25) is 0 Å². The van der Waals surface area contributed by atoms with Crippen LogP contribution in [-0.2, 0) is 30.7 Å². The quantitative estimate of drug-likeness (QED) is 0.208. The van der Waals surface area contributed by atoms with Crippen molar-refractivity contribution in [3.8, 4) is 0 Å². The molecule has 5 heteroatoms. The Bertz CT molecular complexity index is 240. The van der Waals surface area contributed by atoms with Crippen LogP contribution in [0.3, 0.4) is 0 Å². The Morgan fingerprint density at radius 2 is 1.62 bits per heavy atom. The summed E-state index contributed by atoms with van der Waals surface area (Å²) in [7, 11) is -1.95. The second-order valence-electron chi connectivity index (χ2n) is 5.70. The SMILES string of the molecule is CCCCCCC(C)O[P+](=O)OCC(CC)CCCC.[Fe+3]. The molecular formula is C16H34FeO3P+4. The van der Waals surface area contributed by atoms with Gasteiger partial charge in [-0.15, -0.1) is 9.05 Å². The van der Waals surface area contributed by atoms with Gasteiger partial charge in [-0.25, -0.2) is 0 Å². The minimum atomic E-state index is -1.95. The van der Waals surface area contributed by atoms with E-state index < -0.39 is 8.25 Å². The van der Waals surface area contributed by atoms with Crippen LogP contribution in [0.1, 0.15) is 85.5 Å². The molecule has 0 fully saturated rings. The summed E-state index contributed by atoms with van der Waals surface area (Å²) in [4.78, 5) is 0. The topological polar surface area (TPSA) is 35.5 Å². The first kappa shape index (κ1) is 23.8. The maximum Gasteiger partial charge on any atom is 3.00 e. The van der Waals surface area contributed by atoms with Crippen molar-refractivity contribution in [2.75, 3.05) is 6.61 Å². The van der Waals surface area contributed by atoms with E-state index in [9.17, 15) is 4.57 Å². The first-order valence-electron chi connectivity index (χ1n) is 8.40. The second kappa shape index (κ2) is 16.9. The Kier molecular flexibility index (Phi) is 19.2. The Hall–Kier alpha value is 0.539. The van der Waals surface area contributed by atoms with Gasteiger partial charge in [0.25, 0.3) is 0 Å². The van der Waals surface area contributed by atoms with Crippen molar-refractivity contribution in [2.24, 2.45) is 5.92 Å². The van der Waals surface area contributed by atoms with Gasteiger partial charge in [0.05, 0.1) is 0 Å². The molecular weight excluding hydrogens is 327 g/mol. The molecule has 0 aliphatic heterocycles. The Balaban J connectivity index is 0. The van der Waals surface area contributed by atoms with Gasteiger partial charge < -0.3 is 0 Å². The average molecular weight is 361 g/mol. The fourth-order valence-corrected chi connectivity index (χ4v) is 2.95. The molecule has 3 unspecified atom stereocenters. The zero-order valence-electron chi connectivity index (χ0n) is 14.3. The summed E-state index contributed by atoms with van der Waals surface area (Å²) in [6.07, 6.45) is 10.5. The molecule has 0 saturated heterocycles. The zero-order valence-corrected chi connectivity index (χ0v) is 16.2. The van der Waals surface area contributed by atoms with Crippen LogP contribution in [-0.4, -0.2) is 12.7 Å². The maximum atomic E-state index is 11.7. The number of hydrogen-bond donors (Lipinski definition) is 0. The summed E-state index contributed by atoms with van der Waals surface area (Å²) in [5, 5.41) is 0. The van der Waals surface area contributed by atoms with Gasteiger partial charge >= 0.3 is 25.3 Å². The molecule has 125 valence electrons. The molecule has 0 aromatic heterocycles. The summed E-state index contributed by atoms with van der Waals surface area (Å²) in [5.74, 6) is 0.511. The molecule has 0 amide bonds. The first-order chi connectivity index (χ1) is 9.63. The molecule has 0 rings (SSSR count). The smallest absolute Gasteiger partial charge is 0.119 e. The van der Waals surface area contributed by atoms with E-state index in [4.69, 9.17) is 9.05 Å². The summed E-state index contributed by atoms with van der Waals surface area (Å²) >= 11 is 0. The maximum absolute atomic E-state index is 11.7. The molecule has 0 aromatic rings. The van der Waals surface area contributed by atoms with Gasteiger partial charge in [0.2, 0.25) is 0 Å². The predicted molar refractivity (Wildman–Crippen MR) is 86.2 cm³/mol. The van der Waals surface area contributed by atoms with E-state index in [0.29, 0.717) is 12.5 Å². The van der Waals surface area contributed by atoms with E-state index in [0.717, 1.165) is 25.7 Å². The molecule has 0 saturated carbocycles. The van der Waals surface area contributed by atoms with Crippen LogP contribution in [0.4, 0.5) is 0 Å². The van der Waals surface area contributed by atoms with Crippen LogP contribution in [0.15, 0.2) is 0 Å². The average Bonchev–Trinajstić information content (AvgIpc) is 2.44. The van der Waals surface area contributed by atoms with Gasteiger partial charge in [0, 0.05) is 4.57 Å². The third-order valence-electron chi connectivity index (χ3n) is 3.69. The molecule has 3 atom stereocenters. The van der Waals surface area contributed by atoms with Gasteiger partial charge in [-0.1, -0.05) is 65.7 Å². The van der Waals surface area contributed by atoms with Gasteiger partial charge in [-0.05, 0) is 25.7 Å². The molecule has 0 aromatic carbocycles. The summed E-state index contributed by atoms with van der Waals surface area (Å²) in [5.41, 5.74) is 0. The fraction of sp³-hybridized carbons (Fsp3) is 1.00. The van der Waals surface area contributed by atoms with E-state index in [1.54, 1.807) is 0 Å². The van der Waals surface area contributed by atoms with Gasteiger partial charge in [0.15, 0.2) is 0 Å². The van der Waals surface area contributed by atoms with E-state index in [1.807, 2.05) is 6.92 Å². The second-order valence-corrected chi connectivity index (χ2v) is 6.62. The van der Waals surface area contributed by atoms with E-state index in [2.05, 4.69) is 20.8 Å². The molecule has 0 heterocycles. The van der Waals surface area contributed by atoms with Crippen molar-refractivity contribution < 1.29 is 30.7 Å². The van der Waals surface area contributed by atoms with Crippen molar-refractivity contribution >= 4 is 8.25 Å². The molecule has 3 nitrogen and oxygen atoms in total. The van der Waals surface area contributed by atoms with Crippen molar-refractivity contribution in [1.82, 2.24) is 0 Å². The zero-order chi connectivity index (χ0) is 15.2. The van der Waals surface area contributed by atoms with Crippen LogP contribution >= 0.6 is 8.25 Å². The van der Waals surface area contributed by atoms with Crippen LogP contribution in [0.25, 0.3) is 0 Å². The third kappa shape index (κ3) is 15.2. The standard InChI is InChI=1S/C16H34O3P.Fe/c1-5-8-10-11-12-15(4)19-20(17)18-14-16(7-3)13-9-6-2;/h15-16H,5-14H2,1-4H3;/q+1;+3. The van der Waals surface area contributed by atoms with Crippen LogP contribution < -0.4 is 0 Å². The molecule has 1 radical (unpaired) electrons. The number of unbranched alkanes of at least 4 members (excludes halogenated alkanes) is 4. The first-order valence-corrected chi connectivity index (χ1v) is 9.50. The van der Waals surface area contributed by atoms with Crippen molar-refractivity contribution in [2.45, 2.75) is 91.6 Å². The molecule has 0 spiro atoms. The Morgan fingerprint density at radius 3 is 2.19 bits per heavy atom. The van der Waals surface area contributed by atoms with Crippen molar-refractivity contribution in [3.63, 3.8) is 0 Å². The minimum Gasteiger partial charge on any atom is -0.119 e. The molecule has 21 heavy (non-hydrogen) atoms. The third-order valence-corrected chi connectivity index (χ3v) is 4.58. The molecule has 0 N–H and O–H groups in total. The van der Waals surface area contributed by atoms with Crippen LogP contribution in [0.2, 0.25) is 0 Å². The predicted octanol–water partition coefficient (Wildman–Crippen LogP) is 6.25. The number of hydrogen-bond acceptors (Lipinski definition) is 3. The normalized spacial score (nSPS) is 14.4. The summed E-state index contributed by atoms with van der Waals surface area (Å²) < 4.78 is 22.5. The Labute approximate surface area is 143 Å². The molecule has 0 bridgehead atoms. The van der Waals surface area contributed by atoms with E-state index >= 15 is 0 Å². The monoisotopic (exact) mass is 361 g/mol. The Morgan fingerprint density at radius 1 is 0.952 bits per heavy atom. The van der Waals surface area contributed by atoms with Crippen molar-refractivity contribution in [1.29, 1.82) is 0 Å². The van der Waals surface area contributed by atoms with Crippen LogP contribution in [0.5, 0.6) is 0 Å². The fourth-order valence-electron chi connectivity index (χ4n) is 2.15. The number of rotatable bonds is 14. The van der Waals surface area contributed by atoms with Gasteiger partial charge in [-0.2, -0.15) is 0 Å². The van der Waals surface area contributed by atoms with Crippen LogP contribution in [0, 0.1) is 5.92 Å². The summed E-state index contributed by atoms with van der Waals surface area (Å²) in [6.45, 7) is 9.10. The van der Waals surface area contributed by atoms with Crippen molar-refractivity contribution in [3.05, 3.63) is 0 Å². The van der Waals surface area contributed by atoms with Gasteiger partial charge in [0.1, 0.15) is 12.7 Å². The minimum absolute atomic E-state index is 0.